The summed E-state index contributed by atoms with van der Waals surface area (Å²) >= 11 is 0. The van der Waals surface area contributed by atoms with E-state index < -0.39 is 25.1 Å². The monoisotopic (exact) mass is 435 g/mol. The first kappa shape index (κ1) is 20.4. The fraction of sp³-hybridized carbons (Fsp3) is 0.429. The SMILES string of the molecule is COc1ccc(-c2ccc(S(=O)(=O)N3C4CCC3CC(S(C)(=O)=O)C4)cc2)cc1. The molecule has 0 saturated carbocycles. The molecule has 0 N–H and O–H groups in total. The lowest BCUT2D eigenvalue weighted by Gasteiger charge is -2.37. The van der Waals surface area contributed by atoms with Gasteiger partial charge in [0.05, 0.1) is 17.3 Å². The van der Waals surface area contributed by atoms with Crippen molar-refractivity contribution in [3.05, 3.63) is 48.5 Å². The first-order valence-electron chi connectivity index (χ1n) is 9.67. The molecule has 8 heteroatoms. The molecular formula is C21H25NO5S2. The maximum Gasteiger partial charge on any atom is 0.243 e. The lowest BCUT2D eigenvalue weighted by Crippen LogP contribution is -2.49. The maximum atomic E-state index is 13.3. The molecule has 2 aliphatic heterocycles. The van der Waals surface area contributed by atoms with Gasteiger partial charge in [-0.25, -0.2) is 16.8 Å². The second kappa shape index (κ2) is 7.41. The van der Waals surface area contributed by atoms with Crippen molar-refractivity contribution >= 4 is 19.9 Å². The fourth-order valence-corrected chi connectivity index (χ4v) is 7.59. The van der Waals surface area contributed by atoms with Gasteiger partial charge in [-0.05, 0) is 61.1 Å². The molecule has 2 heterocycles. The average Bonchev–Trinajstić information content (AvgIpc) is 2.98. The van der Waals surface area contributed by atoms with Gasteiger partial charge in [0.1, 0.15) is 15.6 Å². The van der Waals surface area contributed by atoms with Crippen LogP contribution in [0.4, 0.5) is 0 Å². The van der Waals surface area contributed by atoms with Crippen LogP contribution in [0.1, 0.15) is 25.7 Å². The van der Waals surface area contributed by atoms with Crippen molar-refractivity contribution in [3.63, 3.8) is 0 Å². The van der Waals surface area contributed by atoms with Crippen molar-refractivity contribution in [1.82, 2.24) is 4.31 Å². The number of hydrogen-bond donors (Lipinski definition) is 0. The number of rotatable bonds is 5. The zero-order valence-corrected chi connectivity index (χ0v) is 18.1. The Morgan fingerprint density at radius 2 is 1.31 bits per heavy atom. The Labute approximate surface area is 172 Å². The molecule has 0 spiro atoms. The topological polar surface area (TPSA) is 80.8 Å². The summed E-state index contributed by atoms with van der Waals surface area (Å²) in [7, 11) is -5.20. The van der Waals surface area contributed by atoms with E-state index in [1.807, 2.05) is 24.3 Å². The van der Waals surface area contributed by atoms with Gasteiger partial charge in [0, 0.05) is 18.3 Å². The van der Waals surface area contributed by atoms with Crippen LogP contribution in [-0.2, 0) is 19.9 Å². The summed E-state index contributed by atoms with van der Waals surface area (Å²) in [6.07, 6.45) is 3.47. The molecule has 0 aliphatic carbocycles. The second-order valence-electron chi connectivity index (χ2n) is 7.90. The number of sulfone groups is 1. The van der Waals surface area contributed by atoms with E-state index >= 15 is 0 Å². The highest BCUT2D eigenvalue weighted by Gasteiger charge is 2.49. The van der Waals surface area contributed by atoms with E-state index in [9.17, 15) is 16.8 Å². The molecule has 4 rings (SSSR count). The van der Waals surface area contributed by atoms with E-state index in [0.717, 1.165) is 29.7 Å². The molecule has 2 unspecified atom stereocenters. The van der Waals surface area contributed by atoms with Crippen molar-refractivity contribution in [2.45, 2.75) is 47.9 Å². The molecule has 2 aromatic rings. The fourth-order valence-electron chi connectivity index (χ4n) is 4.55. The average molecular weight is 436 g/mol. The van der Waals surface area contributed by atoms with Gasteiger partial charge < -0.3 is 4.74 Å². The van der Waals surface area contributed by atoms with Crippen molar-refractivity contribution < 1.29 is 21.6 Å². The van der Waals surface area contributed by atoms with E-state index in [1.165, 1.54) is 6.26 Å². The van der Waals surface area contributed by atoms with E-state index in [2.05, 4.69) is 0 Å². The molecule has 2 aliphatic rings. The zero-order valence-electron chi connectivity index (χ0n) is 16.5. The van der Waals surface area contributed by atoms with Crippen molar-refractivity contribution in [3.8, 4) is 16.9 Å². The molecule has 2 fully saturated rings. The number of nitrogens with zero attached hydrogens (tertiary/aromatic N) is 1. The minimum absolute atomic E-state index is 0.236. The van der Waals surface area contributed by atoms with Gasteiger partial charge in [0.2, 0.25) is 10.0 Å². The number of benzene rings is 2. The van der Waals surface area contributed by atoms with Crippen LogP contribution in [0.2, 0.25) is 0 Å². The van der Waals surface area contributed by atoms with Gasteiger partial charge in [0.15, 0.2) is 0 Å². The third-order valence-electron chi connectivity index (χ3n) is 6.08. The number of ether oxygens (including phenoxy) is 1. The summed E-state index contributed by atoms with van der Waals surface area (Å²) in [5.74, 6) is 0.765. The quantitative estimate of drug-likeness (QED) is 0.721. The van der Waals surface area contributed by atoms with Gasteiger partial charge >= 0.3 is 0 Å². The number of piperidine rings is 1. The van der Waals surface area contributed by atoms with Gasteiger partial charge in [-0.2, -0.15) is 4.31 Å². The van der Waals surface area contributed by atoms with Crippen LogP contribution in [0.5, 0.6) is 5.75 Å². The van der Waals surface area contributed by atoms with E-state index in [4.69, 9.17) is 4.74 Å². The number of methoxy groups -OCH3 is 1. The van der Waals surface area contributed by atoms with Gasteiger partial charge in [-0.15, -0.1) is 0 Å². The minimum atomic E-state index is -3.66. The summed E-state index contributed by atoms with van der Waals surface area (Å²) in [5, 5.41) is -0.441. The third-order valence-corrected chi connectivity index (χ3v) is 9.70. The predicted octanol–water partition coefficient (Wildman–Crippen LogP) is 3.09. The largest absolute Gasteiger partial charge is 0.497 e. The highest BCUT2D eigenvalue weighted by atomic mass is 32.2. The lowest BCUT2D eigenvalue weighted by atomic mass is 10.1. The Bertz CT molecular complexity index is 1080. The van der Waals surface area contributed by atoms with Crippen LogP contribution in [0.15, 0.2) is 53.4 Å². The highest BCUT2D eigenvalue weighted by molar-refractivity contribution is 7.91. The Balaban J connectivity index is 1.58. The number of hydrogen-bond acceptors (Lipinski definition) is 5. The lowest BCUT2D eigenvalue weighted by molar-refractivity contribution is 0.249. The second-order valence-corrected chi connectivity index (χ2v) is 12.1. The maximum absolute atomic E-state index is 13.3. The Morgan fingerprint density at radius 3 is 1.76 bits per heavy atom. The minimum Gasteiger partial charge on any atom is -0.497 e. The summed E-state index contributed by atoms with van der Waals surface area (Å²) in [5.41, 5.74) is 1.90. The Morgan fingerprint density at radius 1 is 0.828 bits per heavy atom. The molecule has 0 aromatic heterocycles. The molecule has 0 radical (unpaired) electrons. The molecular weight excluding hydrogens is 410 g/mol. The van der Waals surface area contributed by atoms with Gasteiger partial charge in [-0.3, -0.25) is 0 Å². The van der Waals surface area contributed by atoms with Crippen LogP contribution in [0, 0.1) is 0 Å². The van der Waals surface area contributed by atoms with Crippen LogP contribution < -0.4 is 4.74 Å². The molecule has 6 nitrogen and oxygen atoms in total. The van der Waals surface area contributed by atoms with Crippen molar-refractivity contribution in [1.29, 1.82) is 0 Å². The molecule has 2 aromatic carbocycles. The summed E-state index contributed by atoms with van der Waals surface area (Å²) < 4.78 is 57.3. The molecule has 2 atom stereocenters. The smallest absolute Gasteiger partial charge is 0.243 e. The molecule has 2 saturated heterocycles. The summed E-state index contributed by atoms with van der Waals surface area (Å²) in [4.78, 5) is 0.254. The molecule has 29 heavy (non-hydrogen) atoms. The number of sulfonamides is 1. The van der Waals surface area contributed by atoms with E-state index in [0.29, 0.717) is 12.8 Å². The summed E-state index contributed by atoms with van der Waals surface area (Å²) in [6.45, 7) is 0. The summed E-state index contributed by atoms with van der Waals surface area (Å²) in [6, 6.07) is 14.0. The van der Waals surface area contributed by atoms with Crippen LogP contribution >= 0.6 is 0 Å². The van der Waals surface area contributed by atoms with Crippen molar-refractivity contribution in [2.75, 3.05) is 13.4 Å². The third kappa shape index (κ3) is 3.81. The standard InChI is InChI=1S/C21H25NO5S2/c1-27-19-9-3-15(4-10-19)16-5-11-20(12-6-16)29(25,26)22-17-7-8-18(22)14-21(13-17)28(2,23)24/h3-6,9-12,17-18,21H,7-8,13-14H2,1-2H3. The number of fused-ring (bicyclic) bond motifs is 2. The zero-order chi connectivity index (χ0) is 20.8. The Hall–Kier alpha value is -1.90. The van der Waals surface area contributed by atoms with E-state index in [-0.39, 0.29) is 17.0 Å². The predicted molar refractivity (Wildman–Crippen MR) is 112 cm³/mol. The van der Waals surface area contributed by atoms with Crippen LogP contribution in [0.3, 0.4) is 0 Å². The first-order valence-corrected chi connectivity index (χ1v) is 13.1. The van der Waals surface area contributed by atoms with E-state index in [1.54, 1.807) is 35.7 Å². The molecule has 0 amide bonds. The molecule has 2 bridgehead atoms. The highest BCUT2D eigenvalue weighted by Crippen LogP contribution is 2.41. The molecule has 156 valence electrons. The van der Waals surface area contributed by atoms with Gasteiger partial charge in [-0.1, -0.05) is 24.3 Å². The van der Waals surface area contributed by atoms with Crippen LogP contribution in [0.25, 0.3) is 11.1 Å². The first-order chi connectivity index (χ1) is 13.7. The van der Waals surface area contributed by atoms with Crippen molar-refractivity contribution in [2.24, 2.45) is 0 Å². The van der Waals surface area contributed by atoms with Gasteiger partial charge in [0.25, 0.3) is 0 Å². The van der Waals surface area contributed by atoms with Crippen LogP contribution in [-0.4, -0.2) is 51.8 Å². The normalized spacial score (nSPS) is 25.1. The Kier molecular flexibility index (Phi) is 5.21.